The predicted molar refractivity (Wildman–Crippen MR) is 140 cm³/mol. The van der Waals surface area contributed by atoms with Crippen LogP contribution in [0.4, 0.5) is 25.8 Å². The number of benzene rings is 2. The van der Waals surface area contributed by atoms with Crippen LogP contribution < -0.4 is 26.8 Å². The molecule has 37 heavy (non-hydrogen) atoms. The molecule has 0 aliphatic carbocycles. The Morgan fingerprint density at radius 3 is 2.49 bits per heavy atom. The summed E-state index contributed by atoms with van der Waals surface area (Å²) in [6.07, 6.45) is 2.96. The standard InChI is InChI=1S/C26H29F2N7O2/c1-15(2)31-20-8-9-21(24(17(20)13-29)34-12-4-5-16(30)14-34)32-26(37)22-10-11-23(36)35(33-22)25-18(27)6-3-7-19(25)28/h3,6-11,13,15-16,29,31H,4-5,12,14,30H2,1-2H3,(H,32,37). The summed E-state index contributed by atoms with van der Waals surface area (Å²) in [6, 6.07) is 8.93. The molecule has 0 spiro atoms. The number of hydrogen-bond acceptors (Lipinski definition) is 7. The van der Waals surface area contributed by atoms with Crippen LogP contribution in [0, 0.1) is 17.0 Å². The van der Waals surface area contributed by atoms with E-state index in [1.807, 2.05) is 18.7 Å². The molecular formula is C26H29F2N7O2. The summed E-state index contributed by atoms with van der Waals surface area (Å²) in [7, 11) is 0. The van der Waals surface area contributed by atoms with Crippen LogP contribution in [0.5, 0.6) is 0 Å². The zero-order chi connectivity index (χ0) is 26.7. The number of halogens is 2. The van der Waals surface area contributed by atoms with Gasteiger partial charge in [0.15, 0.2) is 11.6 Å². The van der Waals surface area contributed by atoms with Gasteiger partial charge in [0.05, 0.1) is 11.4 Å². The predicted octanol–water partition coefficient (Wildman–Crippen LogP) is 3.51. The van der Waals surface area contributed by atoms with E-state index in [9.17, 15) is 18.4 Å². The smallest absolute Gasteiger partial charge is 0.276 e. The fraction of sp³-hybridized carbons (Fsp3) is 0.308. The Hall–Kier alpha value is -4.12. The molecule has 11 heteroatoms. The van der Waals surface area contributed by atoms with Crippen LogP contribution in [0.15, 0.2) is 47.3 Å². The fourth-order valence-corrected chi connectivity index (χ4v) is 4.42. The number of amides is 1. The van der Waals surface area contributed by atoms with E-state index in [-0.39, 0.29) is 17.8 Å². The molecule has 1 aromatic heterocycles. The number of para-hydroxylation sites is 1. The molecule has 4 rings (SSSR count). The molecule has 2 heterocycles. The number of anilines is 3. The van der Waals surface area contributed by atoms with Crippen molar-refractivity contribution in [3.63, 3.8) is 0 Å². The Bertz CT molecular complexity index is 1370. The molecule has 0 saturated carbocycles. The van der Waals surface area contributed by atoms with Gasteiger partial charge in [0.25, 0.3) is 11.5 Å². The Balaban J connectivity index is 1.75. The van der Waals surface area contributed by atoms with Gasteiger partial charge in [0.2, 0.25) is 0 Å². The minimum Gasteiger partial charge on any atom is -0.382 e. The van der Waals surface area contributed by atoms with Gasteiger partial charge in [-0.1, -0.05) is 6.07 Å². The van der Waals surface area contributed by atoms with Crippen molar-refractivity contribution in [3.8, 4) is 5.69 Å². The highest BCUT2D eigenvalue weighted by Gasteiger charge is 2.25. The van der Waals surface area contributed by atoms with E-state index in [0.29, 0.717) is 34.7 Å². The quantitative estimate of drug-likeness (QED) is 0.361. The summed E-state index contributed by atoms with van der Waals surface area (Å²) < 4.78 is 29.2. The van der Waals surface area contributed by atoms with Gasteiger partial charge in [0, 0.05) is 48.7 Å². The number of rotatable bonds is 7. The van der Waals surface area contributed by atoms with Crippen LogP contribution in [0.25, 0.3) is 5.69 Å². The van der Waals surface area contributed by atoms with E-state index < -0.39 is 28.8 Å². The fourth-order valence-electron chi connectivity index (χ4n) is 4.42. The number of carbonyl (C=O) groups excluding carboxylic acids is 1. The highest BCUT2D eigenvalue weighted by atomic mass is 19.1. The van der Waals surface area contributed by atoms with Gasteiger partial charge >= 0.3 is 0 Å². The number of hydrogen-bond donors (Lipinski definition) is 4. The normalized spacial score (nSPS) is 15.5. The largest absolute Gasteiger partial charge is 0.382 e. The number of carbonyl (C=O) groups is 1. The topological polar surface area (TPSA) is 129 Å². The summed E-state index contributed by atoms with van der Waals surface area (Å²) in [5.74, 6) is -2.66. The van der Waals surface area contributed by atoms with Gasteiger partial charge in [-0.25, -0.2) is 8.78 Å². The summed E-state index contributed by atoms with van der Waals surface area (Å²) in [5.41, 5.74) is 6.92. The second kappa shape index (κ2) is 10.9. The van der Waals surface area contributed by atoms with Gasteiger partial charge in [-0.05, 0) is 57.0 Å². The zero-order valence-corrected chi connectivity index (χ0v) is 20.6. The molecule has 1 aliphatic rings. The van der Waals surface area contributed by atoms with Gasteiger partial charge < -0.3 is 26.7 Å². The van der Waals surface area contributed by atoms with Crippen molar-refractivity contribution in [3.05, 3.63) is 75.7 Å². The van der Waals surface area contributed by atoms with Gasteiger partial charge in [-0.15, -0.1) is 0 Å². The first-order valence-electron chi connectivity index (χ1n) is 12.0. The van der Waals surface area contributed by atoms with Crippen LogP contribution in [0.1, 0.15) is 42.7 Å². The lowest BCUT2D eigenvalue weighted by Gasteiger charge is -2.35. The molecule has 5 N–H and O–H groups in total. The van der Waals surface area contributed by atoms with Crippen molar-refractivity contribution >= 4 is 29.2 Å². The highest BCUT2D eigenvalue weighted by molar-refractivity contribution is 6.08. The SMILES string of the molecule is CC(C)Nc1ccc(NC(=O)c2ccc(=O)n(-c3c(F)cccc3F)n2)c(N2CCCC(N)C2)c1C=N. The third kappa shape index (κ3) is 5.51. The van der Waals surface area contributed by atoms with Gasteiger partial charge in [-0.3, -0.25) is 9.59 Å². The molecule has 2 aromatic carbocycles. The second-order valence-electron chi connectivity index (χ2n) is 9.21. The van der Waals surface area contributed by atoms with Crippen LogP contribution in [0.2, 0.25) is 0 Å². The first kappa shape index (κ1) is 26.0. The summed E-state index contributed by atoms with van der Waals surface area (Å²) >= 11 is 0. The van der Waals surface area contributed by atoms with E-state index in [2.05, 4.69) is 15.7 Å². The zero-order valence-electron chi connectivity index (χ0n) is 20.6. The summed E-state index contributed by atoms with van der Waals surface area (Å²) in [4.78, 5) is 27.6. The Morgan fingerprint density at radius 1 is 1.14 bits per heavy atom. The minimum atomic E-state index is -0.986. The van der Waals surface area contributed by atoms with Crippen molar-refractivity contribution in [1.82, 2.24) is 9.78 Å². The molecule has 0 radical (unpaired) electrons. The molecule has 9 nitrogen and oxygen atoms in total. The monoisotopic (exact) mass is 509 g/mol. The molecule has 1 aliphatic heterocycles. The highest BCUT2D eigenvalue weighted by Crippen LogP contribution is 2.36. The lowest BCUT2D eigenvalue weighted by Crippen LogP contribution is -2.43. The lowest BCUT2D eigenvalue weighted by molar-refractivity contribution is 0.102. The average Bonchev–Trinajstić information content (AvgIpc) is 2.85. The number of nitrogens with one attached hydrogen (secondary N) is 3. The lowest BCUT2D eigenvalue weighted by atomic mass is 10.0. The molecule has 1 fully saturated rings. The Morgan fingerprint density at radius 2 is 1.84 bits per heavy atom. The van der Waals surface area contributed by atoms with E-state index in [0.717, 1.165) is 36.7 Å². The van der Waals surface area contributed by atoms with E-state index >= 15 is 0 Å². The molecule has 1 saturated heterocycles. The average molecular weight is 510 g/mol. The maximum Gasteiger partial charge on any atom is 0.276 e. The molecule has 194 valence electrons. The number of piperidine rings is 1. The molecular weight excluding hydrogens is 480 g/mol. The summed E-state index contributed by atoms with van der Waals surface area (Å²) in [5, 5.41) is 18.2. The van der Waals surface area contributed by atoms with E-state index in [1.54, 1.807) is 12.1 Å². The Labute approximate surface area is 212 Å². The first-order chi connectivity index (χ1) is 17.7. The molecule has 0 bridgehead atoms. The van der Waals surface area contributed by atoms with Crippen LogP contribution in [-0.2, 0) is 0 Å². The first-order valence-corrected chi connectivity index (χ1v) is 12.0. The number of aromatic nitrogens is 2. The second-order valence-corrected chi connectivity index (χ2v) is 9.21. The van der Waals surface area contributed by atoms with E-state index in [1.165, 1.54) is 18.3 Å². The van der Waals surface area contributed by atoms with Crippen molar-refractivity contribution in [2.24, 2.45) is 5.73 Å². The molecule has 1 unspecified atom stereocenters. The Kier molecular flexibility index (Phi) is 7.63. The van der Waals surface area contributed by atoms with Gasteiger partial charge in [-0.2, -0.15) is 9.78 Å². The van der Waals surface area contributed by atoms with Gasteiger partial charge in [0.1, 0.15) is 11.4 Å². The third-order valence-electron chi connectivity index (χ3n) is 6.01. The van der Waals surface area contributed by atoms with Crippen molar-refractivity contribution in [2.75, 3.05) is 28.6 Å². The van der Waals surface area contributed by atoms with Crippen LogP contribution in [-0.4, -0.2) is 47.1 Å². The summed E-state index contributed by atoms with van der Waals surface area (Å²) in [6.45, 7) is 5.21. The third-order valence-corrected chi connectivity index (χ3v) is 6.01. The van der Waals surface area contributed by atoms with Crippen molar-refractivity contribution < 1.29 is 13.6 Å². The number of nitrogens with zero attached hydrogens (tertiary/aromatic N) is 3. The maximum atomic E-state index is 14.3. The minimum absolute atomic E-state index is 0.0570. The van der Waals surface area contributed by atoms with Crippen LogP contribution in [0.3, 0.4) is 0 Å². The van der Waals surface area contributed by atoms with Crippen molar-refractivity contribution in [2.45, 2.75) is 38.8 Å². The van der Waals surface area contributed by atoms with E-state index in [4.69, 9.17) is 11.1 Å². The number of nitrogens with two attached hydrogens (primary N) is 1. The molecule has 1 amide bonds. The van der Waals surface area contributed by atoms with Crippen molar-refractivity contribution in [1.29, 1.82) is 5.41 Å². The molecule has 1 atom stereocenters. The maximum absolute atomic E-state index is 14.3. The van der Waals surface area contributed by atoms with Crippen LogP contribution >= 0.6 is 0 Å². The molecule has 3 aromatic rings.